The van der Waals surface area contributed by atoms with Gasteiger partial charge < -0.3 is 25.0 Å². The lowest BCUT2D eigenvalue weighted by molar-refractivity contribution is 0.122. The normalized spacial score (nSPS) is 15.8. The number of nitrogens with one attached hydrogen (secondary N) is 2. The van der Waals surface area contributed by atoms with Crippen LogP contribution in [0, 0.1) is 18.3 Å². The molecule has 0 unspecified atom stereocenters. The third-order valence-electron chi connectivity index (χ3n) is 7.69. The molecule has 1 aliphatic carbocycles. The molecule has 202 valence electrons. The number of aromatic nitrogens is 2. The number of carbonyl (C=O) groups is 1. The quantitative estimate of drug-likeness (QED) is 0.329. The Balaban J connectivity index is 1.27. The molecule has 2 aliphatic rings. The molecule has 0 spiro atoms. The average Bonchev–Trinajstić information content (AvgIpc) is 3.79. The molecule has 2 fully saturated rings. The summed E-state index contributed by atoms with van der Waals surface area (Å²) in [6.45, 7) is 4.90. The zero-order valence-electron chi connectivity index (χ0n) is 22.5. The third kappa shape index (κ3) is 4.78. The lowest BCUT2D eigenvalue weighted by atomic mass is 9.97. The minimum absolute atomic E-state index is 0.399. The number of methoxy groups -OCH3 is 1. The summed E-state index contributed by atoms with van der Waals surface area (Å²) in [5.74, 6) is 1.24. The predicted molar refractivity (Wildman–Crippen MR) is 155 cm³/mol. The van der Waals surface area contributed by atoms with E-state index >= 15 is 0 Å². The SMILES string of the molecule is COc1ccc(C2(C#N)CC2)cc1NC(=O)Nc1ccc(-c2cnc(N3CCOCC3)nc2C)c2ccccc12. The minimum Gasteiger partial charge on any atom is -0.495 e. The Hall–Kier alpha value is -4.68. The van der Waals surface area contributed by atoms with Gasteiger partial charge in [0.2, 0.25) is 5.95 Å². The van der Waals surface area contributed by atoms with Crippen molar-refractivity contribution in [1.82, 2.24) is 9.97 Å². The number of nitrogens with zero attached hydrogens (tertiary/aromatic N) is 4. The van der Waals surface area contributed by atoms with Gasteiger partial charge in [0, 0.05) is 30.2 Å². The molecule has 9 heteroatoms. The molecule has 40 heavy (non-hydrogen) atoms. The first kappa shape index (κ1) is 25.6. The maximum absolute atomic E-state index is 13.2. The average molecular weight is 535 g/mol. The zero-order valence-corrected chi connectivity index (χ0v) is 22.5. The number of morpholine rings is 1. The Kier molecular flexibility index (Phi) is 6.70. The molecule has 9 nitrogen and oxygen atoms in total. The maximum atomic E-state index is 13.2. The van der Waals surface area contributed by atoms with Crippen molar-refractivity contribution in [2.75, 3.05) is 48.9 Å². The van der Waals surface area contributed by atoms with Crippen molar-refractivity contribution < 1.29 is 14.3 Å². The van der Waals surface area contributed by atoms with Crippen molar-refractivity contribution >= 4 is 34.1 Å². The fourth-order valence-electron chi connectivity index (χ4n) is 5.25. The van der Waals surface area contributed by atoms with Crippen LogP contribution in [0.15, 0.2) is 60.8 Å². The zero-order chi connectivity index (χ0) is 27.7. The molecule has 0 atom stereocenters. The van der Waals surface area contributed by atoms with E-state index in [0.29, 0.717) is 36.3 Å². The number of hydrogen-bond donors (Lipinski definition) is 2. The number of aryl methyl sites for hydroxylation is 1. The molecule has 4 aromatic rings. The van der Waals surface area contributed by atoms with Gasteiger partial charge in [-0.2, -0.15) is 5.26 Å². The first-order chi connectivity index (χ1) is 19.5. The van der Waals surface area contributed by atoms with Gasteiger partial charge >= 0.3 is 6.03 Å². The van der Waals surface area contributed by atoms with Crippen LogP contribution >= 0.6 is 0 Å². The largest absolute Gasteiger partial charge is 0.495 e. The molecule has 1 saturated carbocycles. The fraction of sp³-hybridized carbons (Fsp3) is 0.290. The number of benzene rings is 3. The molecule has 1 aliphatic heterocycles. The summed E-state index contributed by atoms with van der Waals surface area (Å²) < 4.78 is 10.9. The summed E-state index contributed by atoms with van der Waals surface area (Å²) in [4.78, 5) is 24.8. The van der Waals surface area contributed by atoms with Gasteiger partial charge in [0.25, 0.3) is 0 Å². The van der Waals surface area contributed by atoms with E-state index in [4.69, 9.17) is 14.5 Å². The molecule has 2 heterocycles. The first-order valence-corrected chi connectivity index (χ1v) is 13.4. The van der Waals surface area contributed by atoms with Crippen molar-refractivity contribution in [2.24, 2.45) is 0 Å². The molecule has 1 saturated heterocycles. The Bertz CT molecular complexity index is 1640. The number of nitriles is 1. The van der Waals surface area contributed by atoms with E-state index in [-0.39, 0.29) is 0 Å². The second-order valence-electron chi connectivity index (χ2n) is 10.2. The van der Waals surface area contributed by atoms with Crippen LogP contribution in [0.3, 0.4) is 0 Å². The van der Waals surface area contributed by atoms with Crippen LogP contribution in [0.4, 0.5) is 22.1 Å². The first-order valence-electron chi connectivity index (χ1n) is 13.4. The summed E-state index contributed by atoms with van der Waals surface area (Å²) in [7, 11) is 1.56. The van der Waals surface area contributed by atoms with Crippen LogP contribution in [0.1, 0.15) is 24.1 Å². The number of ether oxygens (including phenoxy) is 2. The van der Waals surface area contributed by atoms with Crippen LogP contribution < -0.4 is 20.3 Å². The van der Waals surface area contributed by atoms with Gasteiger partial charge in [-0.05, 0) is 54.5 Å². The number of rotatable bonds is 6. The minimum atomic E-state index is -0.465. The van der Waals surface area contributed by atoms with Gasteiger partial charge in [-0.1, -0.05) is 36.4 Å². The van der Waals surface area contributed by atoms with Crippen molar-refractivity contribution in [3.63, 3.8) is 0 Å². The van der Waals surface area contributed by atoms with Crippen LogP contribution in [0.5, 0.6) is 5.75 Å². The van der Waals surface area contributed by atoms with E-state index in [1.165, 1.54) is 0 Å². The Morgan fingerprint density at radius 3 is 2.48 bits per heavy atom. The highest BCUT2D eigenvalue weighted by molar-refractivity contribution is 6.10. The lowest BCUT2D eigenvalue weighted by Gasteiger charge is -2.27. The molecular formula is C31H30N6O3. The summed E-state index contributed by atoms with van der Waals surface area (Å²) in [6, 6.07) is 19.4. The summed E-state index contributed by atoms with van der Waals surface area (Å²) in [5, 5.41) is 17.4. The summed E-state index contributed by atoms with van der Waals surface area (Å²) in [5.41, 5.74) is 4.44. The van der Waals surface area contributed by atoms with E-state index in [1.54, 1.807) is 13.2 Å². The number of urea groups is 1. The predicted octanol–water partition coefficient (Wildman–Crippen LogP) is 5.65. The van der Waals surface area contributed by atoms with Crippen molar-refractivity contribution in [2.45, 2.75) is 25.2 Å². The smallest absolute Gasteiger partial charge is 0.323 e. The highest BCUT2D eigenvalue weighted by Gasteiger charge is 2.45. The molecule has 3 aromatic carbocycles. The highest BCUT2D eigenvalue weighted by Crippen LogP contribution is 2.49. The standard InChI is InChI=1S/C31H30N6O3/c1-20-25(18-33-29(34-20)37-13-15-40-16-14-37)23-8-9-26(24-6-4-3-5-22(23)24)35-30(38)36-27-17-21(7-10-28(27)39-2)31(19-32)11-12-31/h3-10,17-18H,11-16H2,1-2H3,(H2,35,36,38). The molecule has 2 amide bonds. The van der Waals surface area contributed by atoms with Gasteiger partial charge in [-0.3, -0.25) is 0 Å². The molecule has 0 radical (unpaired) electrons. The summed E-state index contributed by atoms with van der Waals surface area (Å²) in [6.07, 6.45) is 3.52. The topological polar surface area (TPSA) is 112 Å². The number of amides is 2. The van der Waals surface area contributed by atoms with Gasteiger partial charge in [0.05, 0.1) is 48.9 Å². The van der Waals surface area contributed by atoms with Crippen molar-refractivity contribution in [1.29, 1.82) is 5.26 Å². The van der Waals surface area contributed by atoms with Crippen LogP contribution in [0.2, 0.25) is 0 Å². The Morgan fingerprint density at radius 1 is 1.02 bits per heavy atom. The van der Waals surface area contributed by atoms with Crippen LogP contribution in [-0.4, -0.2) is 49.4 Å². The maximum Gasteiger partial charge on any atom is 0.323 e. The Morgan fingerprint density at radius 2 is 1.77 bits per heavy atom. The lowest BCUT2D eigenvalue weighted by Crippen LogP contribution is -2.37. The highest BCUT2D eigenvalue weighted by atomic mass is 16.5. The molecule has 1 aromatic heterocycles. The number of fused-ring (bicyclic) bond motifs is 1. The van der Waals surface area contributed by atoms with E-state index in [1.807, 2.05) is 61.7 Å². The molecule has 2 N–H and O–H groups in total. The van der Waals surface area contributed by atoms with Crippen LogP contribution in [0.25, 0.3) is 21.9 Å². The van der Waals surface area contributed by atoms with Gasteiger partial charge in [0.1, 0.15) is 5.75 Å². The molecular weight excluding hydrogens is 504 g/mol. The second kappa shape index (κ2) is 10.5. The fourth-order valence-corrected chi connectivity index (χ4v) is 5.25. The van der Waals surface area contributed by atoms with Gasteiger partial charge in [-0.25, -0.2) is 14.8 Å². The number of hydrogen-bond acceptors (Lipinski definition) is 7. The molecule has 0 bridgehead atoms. The van der Waals surface area contributed by atoms with Gasteiger partial charge in [-0.15, -0.1) is 0 Å². The van der Waals surface area contributed by atoms with E-state index in [9.17, 15) is 10.1 Å². The molecule has 6 rings (SSSR count). The van der Waals surface area contributed by atoms with Crippen LogP contribution in [-0.2, 0) is 10.2 Å². The summed E-state index contributed by atoms with van der Waals surface area (Å²) >= 11 is 0. The second-order valence-corrected chi connectivity index (χ2v) is 10.2. The van der Waals surface area contributed by atoms with Gasteiger partial charge in [0.15, 0.2) is 0 Å². The van der Waals surface area contributed by atoms with Crippen molar-refractivity contribution in [3.05, 3.63) is 72.1 Å². The van der Waals surface area contributed by atoms with E-state index in [2.05, 4.69) is 26.6 Å². The number of anilines is 3. The Labute approximate surface area is 232 Å². The number of carbonyl (C=O) groups excluding carboxylic acids is 1. The van der Waals surface area contributed by atoms with Crippen molar-refractivity contribution in [3.8, 4) is 22.9 Å². The third-order valence-corrected chi connectivity index (χ3v) is 7.69. The monoisotopic (exact) mass is 534 g/mol. The van der Waals surface area contributed by atoms with E-state index in [0.717, 1.165) is 59.1 Å². The van der Waals surface area contributed by atoms with E-state index < -0.39 is 11.4 Å².